The lowest BCUT2D eigenvalue weighted by Crippen LogP contribution is -2.13. The van der Waals surface area contributed by atoms with E-state index in [1.54, 1.807) is 25.1 Å². The van der Waals surface area contributed by atoms with E-state index in [1.807, 2.05) is 30.3 Å². The van der Waals surface area contributed by atoms with Crippen LogP contribution >= 0.6 is 0 Å². The molecule has 0 atom stereocenters. The number of ether oxygens (including phenoxy) is 2. The molecule has 0 aliphatic carbocycles. The zero-order valence-electron chi connectivity index (χ0n) is 12.5. The van der Waals surface area contributed by atoms with Crippen LogP contribution in [0.4, 0.5) is 0 Å². The molecule has 0 fully saturated rings. The maximum absolute atomic E-state index is 11.9. The number of para-hydroxylation sites is 1. The molecule has 0 saturated carbocycles. The molecule has 0 bridgehead atoms. The molecule has 0 radical (unpaired) electrons. The summed E-state index contributed by atoms with van der Waals surface area (Å²) in [7, 11) is 1.28. The van der Waals surface area contributed by atoms with Crippen LogP contribution in [0.15, 0.2) is 60.7 Å². The third-order valence-electron chi connectivity index (χ3n) is 3.05. The van der Waals surface area contributed by atoms with Crippen LogP contribution in [-0.2, 0) is 9.53 Å². The summed E-state index contributed by atoms with van der Waals surface area (Å²) in [5.74, 6) is -0.982. The summed E-state index contributed by atoms with van der Waals surface area (Å²) in [6.07, 6.45) is 0. The Balaban J connectivity index is 2.60. The highest BCUT2D eigenvalue weighted by Gasteiger charge is 2.20. The van der Waals surface area contributed by atoms with Gasteiger partial charge < -0.3 is 9.47 Å². The van der Waals surface area contributed by atoms with E-state index < -0.39 is 11.9 Å². The quantitative estimate of drug-likeness (QED) is 0.491. The number of hydrogen-bond acceptors (Lipinski definition) is 4. The Bertz CT molecular complexity index is 717. The Morgan fingerprint density at radius 1 is 1.00 bits per heavy atom. The largest absolute Gasteiger partial charge is 0.465 e. The molecule has 0 aliphatic rings. The van der Waals surface area contributed by atoms with Crippen molar-refractivity contribution in [3.8, 4) is 16.9 Å². The molecular formula is C18H16O4. The van der Waals surface area contributed by atoms with Gasteiger partial charge in [-0.3, -0.25) is 0 Å². The van der Waals surface area contributed by atoms with Gasteiger partial charge in [0.2, 0.25) is 0 Å². The van der Waals surface area contributed by atoms with E-state index in [9.17, 15) is 9.59 Å². The average molecular weight is 296 g/mol. The third-order valence-corrected chi connectivity index (χ3v) is 3.05. The fraction of sp³-hybridized carbons (Fsp3) is 0.111. The summed E-state index contributed by atoms with van der Waals surface area (Å²) >= 11 is 0. The first kappa shape index (κ1) is 15.5. The molecule has 2 aromatic rings. The summed E-state index contributed by atoms with van der Waals surface area (Å²) in [4.78, 5) is 23.8. The fourth-order valence-electron chi connectivity index (χ4n) is 1.94. The van der Waals surface area contributed by atoms with Crippen LogP contribution in [0, 0.1) is 0 Å². The summed E-state index contributed by atoms with van der Waals surface area (Å²) in [5.41, 5.74) is 1.91. The molecule has 0 spiro atoms. The second kappa shape index (κ2) is 6.72. The Labute approximate surface area is 129 Å². The lowest BCUT2D eigenvalue weighted by atomic mass is 10.0. The number of carbonyl (C=O) groups is 2. The first-order valence-corrected chi connectivity index (χ1v) is 6.69. The van der Waals surface area contributed by atoms with E-state index in [0.717, 1.165) is 5.56 Å². The van der Waals surface area contributed by atoms with Crippen molar-refractivity contribution >= 4 is 11.9 Å². The summed E-state index contributed by atoms with van der Waals surface area (Å²) in [6.45, 7) is 5.10. The van der Waals surface area contributed by atoms with Crippen LogP contribution in [0.1, 0.15) is 17.3 Å². The van der Waals surface area contributed by atoms with E-state index in [1.165, 1.54) is 7.11 Å². The Hall–Kier alpha value is -2.88. The van der Waals surface area contributed by atoms with Crippen molar-refractivity contribution in [2.75, 3.05) is 7.11 Å². The molecule has 2 rings (SSSR count). The van der Waals surface area contributed by atoms with Crippen molar-refractivity contribution < 1.29 is 19.1 Å². The highest BCUT2D eigenvalue weighted by Crippen LogP contribution is 2.34. The van der Waals surface area contributed by atoms with E-state index in [4.69, 9.17) is 9.47 Å². The second-order valence-electron chi connectivity index (χ2n) is 4.71. The van der Waals surface area contributed by atoms with Gasteiger partial charge in [-0.1, -0.05) is 49.0 Å². The highest BCUT2D eigenvalue weighted by atomic mass is 16.5. The Morgan fingerprint density at radius 2 is 1.68 bits per heavy atom. The molecule has 0 aliphatic heterocycles. The minimum absolute atomic E-state index is 0.175. The van der Waals surface area contributed by atoms with Crippen molar-refractivity contribution in [2.45, 2.75) is 6.92 Å². The number of methoxy groups -OCH3 is 1. The van der Waals surface area contributed by atoms with Crippen LogP contribution in [-0.4, -0.2) is 19.0 Å². The zero-order chi connectivity index (χ0) is 16.1. The van der Waals surface area contributed by atoms with Crippen LogP contribution < -0.4 is 4.74 Å². The van der Waals surface area contributed by atoms with Crippen molar-refractivity contribution in [1.82, 2.24) is 0 Å². The van der Waals surface area contributed by atoms with Crippen LogP contribution in [0.2, 0.25) is 0 Å². The van der Waals surface area contributed by atoms with Gasteiger partial charge in [0.05, 0.1) is 7.11 Å². The topological polar surface area (TPSA) is 52.6 Å². The summed E-state index contributed by atoms with van der Waals surface area (Å²) < 4.78 is 10.1. The molecular weight excluding hydrogens is 280 g/mol. The van der Waals surface area contributed by atoms with Gasteiger partial charge in [-0.05, 0) is 18.6 Å². The van der Waals surface area contributed by atoms with Crippen molar-refractivity contribution in [3.05, 3.63) is 66.2 Å². The SMILES string of the molecule is C=C(C)C(=O)Oc1c(C(=O)OC)cccc1-c1ccccc1. The number of carbonyl (C=O) groups excluding carboxylic acids is 2. The van der Waals surface area contributed by atoms with Crippen LogP contribution in [0.25, 0.3) is 11.1 Å². The standard InChI is InChI=1S/C18H16O4/c1-12(2)17(19)22-16-14(13-8-5-4-6-9-13)10-7-11-15(16)18(20)21-3/h4-11H,1H2,2-3H3. The van der Waals surface area contributed by atoms with Crippen molar-refractivity contribution in [3.63, 3.8) is 0 Å². The maximum Gasteiger partial charge on any atom is 0.341 e. The molecule has 0 saturated heterocycles. The normalized spacial score (nSPS) is 9.91. The molecule has 4 nitrogen and oxygen atoms in total. The van der Waals surface area contributed by atoms with Crippen molar-refractivity contribution in [1.29, 1.82) is 0 Å². The number of rotatable bonds is 4. The van der Waals surface area contributed by atoms with E-state index in [2.05, 4.69) is 6.58 Å². The van der Waals surface area contributed by atoms with Gasteiger partial charge in [0.25, 0.3) is 0 Å². The fourth-order valence-corrected chi connectivity index (χ4v) is 1.94. The number of hydrogen-bond donors (Lipinski definition) is 0. The predicted octanol–water partition coefficient (Wildman–Crippen LogP) is 3.62. The molecule has 0 amide bonds. The lowest BCUT2D eigenvalue weighted by Gasteiger charge is -2.14. The van der Waals surface area contributed by atoms with Gasteiger partial charge in [0.15, 0.2) is 5.75 Å². The maximum atomic E-state index is 11.9. The Morgan fingerprint density at radius 3 is 2.27 bits per heavy atom. The van der Waals surface area contributed by atoms with E-state index in [0.29, 0.717) is 5.56 Å². The molecule has 4 heteroatoms. The summed E-state index contributed by atoms with van der Waals surface area (Å²) in [5, 5.41) is 0. The molecule has 0 heterocycles. The molecule has 112 valence electrons. The van der Waals surface area contributed by atoms with Gasteiger partial charge in [-0.15, -0.1) is 0 Å². The number of benzene rings is 2. The van der Waals surface area contributed by atoms with Gasteiger partial charge in [0, 0.05) is 11.1 Å². The van der Waals surface area contributed by atoms with Gasteiger partial charge in [-0.25, -0.2) is 9.59 Å². The highest BCUT2D eigenvalue weighted by molar-refractivity contribution is 5.98. The van der Waals surface area contributed by atoms with Crippen LogP contribution in [0.3, 0.4) is 0 Å². The van der Waals surface area contributed by atoms with Crippen LogP contribution in [0.5, 0.6) is 5.75 Å². The van der Waals surface area contributed by atoms with Crippen molar-refractivity contribution in [2.24, 2.45) is 0 Å². The molecule has 0 aromatic heterocycles. The zero-order valence-corrected chi connectivity index (χ0v) is 12.5. The first-order chi connectivity index (χ1) is 10.5. The average Bonchev–Trinajstić information content (AvgIpc) is 2.55. The number of esters is 2. The molecule has 0 unspecified atom stereocenters. The summed E-state index contributed by atoms with van der Waals surface area (Å²) in [6, 6.07) is 14.4. The molecule has 0 N–H and O–H groups in total. The Kier molecular flexibility index (Phi) is 4.73. The van der Waals surface area contributed by atoms with E-state index in [-0.39, 0.29) is 16.9 Å². The van der Waals surface area contributed by atoms with E-state index >= 15 is 0 Å². The van der Waals surface area contributed by atoms with Gasteiger partial charge >= 0.3 is 11.9 Å². The minimum Gasteiger partial charge on any atom is -0.465 e. The minimum atomic E-state index is -0.589. The monoisotopic (exact) mass is 296 g/mol. The van der Waals surface area contributed by atoms with Gasteiger partial charge in [-0.2, -0.15) is 0 Å². The second-order valence-corrected chi connectivity index (χ2v) is 4.71. The lowest BCUT2D eigenvalue weighted by molar-refractivity contribution is -0.130. The molecule has 22 heavy (non-hydrogen) atoms. The van der Waals surface area contributed by atoms with Gasteiger partial charge in [0.1, 0.15) is 5.56 Å². The third kappa shape index (κ3) is 3.23. The molecule has 2 aromatic carbocycles. The smallest absolute Gasteiger partial charge is 0.341 e. The predicted molar refractivity (Wildman–Crippen MR) is 83.7 cm³/mol. The first-order valence-electron chi connectivity index (χ1n) is 6.69.